The molecule has 2 fully saturated rings. The Balaban J connectivity index is 1.62. The van der Waals surface area contributed by atoms with Crippen LogP contribution in [0.4, 0.5) is 5.82 Å². The monoisotopic (exact) mass is 305 g/mol. The lowest BCUT2D eigenvalue weighted by atomic mass is 10.2. The second kappa shape index (κ2) is 7.02. The molecule has 2 aliphatic rings. The Kier molecular flexibility index (Phi) is 4.85. The summed E-state index contributed by atoms with van der Waals surface area (Å²) in [7, 11) is 0. The smallest absolute Gasteiger partial charge is 0.191 e. The minimum Gasteiger partial charge on any atom is -0.370 e. The van der Waals surface area contributed by atoms with E-state index in [0.29, 0.717) is 12.5 Å². The lowest BCUT2D eigenvalue weighted by Gasteiger charge is -2.27. The van der Waals surface area contributed by atoms with Crippen molar-refractivity contribution in [1.82, 2.24) is 9.88 Å². The van der Waals surface area contributed by atoms with Crippen LogP contribution in [0.3, 0.4) is 0 Å². The van der Waals surface area contributed by atoms with Gasteiger partial charge in [-0.3, -0.25) is 0 Å². The van der Waals surface area contributed by atoms with Gasteiger partial charge < -0.3 is 15.5 Å². The van der Waals surface area contributed by atoms with Crippen LogP contribution in [-0.4, -0.2) is 53.5 Å². The molecule has 0 spiro atoms. The molecule has 0 radical (unpaired) electrons. The van der Waals surface area contributed by atoms with Crippen LogP contribution in [0.5, 0.6) is 0 Å². The third kappa shape index (κ3) is 3.81. The van der Waals surface area contributed by atoms with Gasteiger partial charge in [0, 0.05) is 43.9 Å². The van der Waals surface area contributed by atoms with Crippen molar-refractivity contribution in [3.8, 4) is 0 Å². The number of rotatable bonds is 3. The van der Waals surface area contributed by atoms with Gasteiger partial charge in [0.1, 0.15) is 5.82 Å². The Bertz CT molecular complexity index is 493. The summed E-state index contributed by atoms with van der Waals surface area (Å²) < 4.78 is 0. The number of aliphatic imine (C=N–C) groups is 1. The van der Waals surface area contributed by atoms with Crippen LogP contribution in [0.2, 0.25) is 0 Å². The Morgan fingerprint density at radius 2 is 2.00 bits per heavy atom. The summed E-state index contributed by atoms with van der Waals surface area (Å²) in [6, 6.07) is 4.18. The van der Waals surface area contributed by atoms with Crippen molar-refractivity contribution >= 4 is 23.5 Å². The zero-order valence-corrected chi connectivity index (χ0v) is 13.2. The van der Waals surface area contributed by atoms with E-state index in [-0.39, 0.29) is 0 Å². The van der Waals surface area contributed by atoms with E-state index in [1.807, 2.05) is 24.0 Å². The van der Waals surface area contributed by atoms with E-state index >= 15 is 0 Å². The van der Waals surface area contributed by atoms with Crippen LogP contribution in [0.1, 0.15) is 18.4 Å². The summed E-state index contributed by atoms with van der Waals surface area (Å²) in [6.07, 6.45) is 4.42. The number of pyridine rings is 1. The van der Waals surface area contributed by atoms with Gasteiger partial charge in [-0.1, -0.05) is 0 Å². The normalized spacial score (nSPS) is 20.1. The molecule has 2 N–H and O–H groups in total. The molecule has 3 heterocycles. The lowest BCUT2D eigenvalue weighted by Crippen LogP contribution is -2.42. The highest BCUT2D eigenvalue weighted by Crippen LogP contribution is 2.19. The molecule has 6 heteroatoms. The summed E-state index contributed by atoms with van der Waals surface area (Å²) in [5.74, 6) is 4.04. The number of nitrogens with two attached hydrogens (primary N) is 1. The molecule has 2 saturated heterocycles. The molecule has 1 aromatic heterocycles. The van der Waals surface area contributed by atoms with Gasteiger partial charge >= 0.3 is 0 Å². The molecule has 0 aromatic carbocycles. The van der Waals surface area contributed by atoms with Crippen LogP contribution < -0.4 is 10.6 Å². The van der Waals surface area contributed by atoms with Gasteiger partial charge in [-0.2, -0.15) is 11.8 Å². The predicted molar refractivity (Wildman–Crippen MR) is 89.9 cm³/mol. The minimum atomic E-state index is 0.638. The standard InChI is InChI=1S/C15H23N5S/c16-15(20-7-9-21-10-8-20)18-12-13-3-4-17-14(11-13)19-5-1-2-6-19/h3-4,11H,1-2,5-10,12H2,(H2,16,18). The van der Waals surface area contributed by atoms with Gasteiger partial charge in [-0.05, 0) is 30.5 Å². The van der Waals surface area contributed by atoms with Crippen LogP contribution in [0.25, 0.3) is 0 Å². The highest BCUT2D eigenvalue weighted by atomic mass is 32.2. The SMILES string of the molecule is NC(=NCc1ccnc(N2CCCC2)c1)N1CCSCC1. The first-order valence-electron chi connectivity index (χ1n) is 7.65. The zero-order chi connectivity index (χ0) is 14.5. The van der Waals surface area contributed by atoms with Crippen LogP contribution in [0.15, 0.2) is 23.3 Å². The molecule has 2 aliphatic heterocycles. The van der Waals surface area contributed by atoms with E-state index in [9.17, 15) is 0 Å². The first-order valence-corrected chi connectivity index (χ1v) is 8.81. The van der Waals surface area contributed by atoms with Crippen LogP contribution in [-0.2, 0) is 6.54 Å². The maximum Gasteiger partial charge on any atom is 0.191 e. The number of guanidine groups is 1. The van der Waals surface area contributed by atoms with Crippen molar-refractivity contribution in [3.63, 3.8) is 0 Å². The maximum absolute atomic E-state index is 6.10. The minimum absolute atomic E-state index is 0.638. The largest absolute Gasteiger partial charge is 0.370 e. The van der Waals surface area contributed by atoms with Crippen molar-refractivity contribution in [1.29, 1.82) is 0 Å². The highest BCUT2D eigenvalue weighted by Gasteiger charge is 2.14. The molecule has 0 aliphatic carbocycles. The van der Waals surface area contributed by atoms with Gasteiger partial charge in [-0.15, -0.1) is 0 Å². The van der Waals surface area contributed by atoms with E-state index in [0.717, 1.165) is 43.5 Å². The van der Waals surface area contributed by atoms with Gasteiger partial charge in [-0.25, -0.2) is 9.98 Å². The fraction of sp³-hybridized carbons (Fsp3) is 0.600. The van der Waals surface area contributed by atoms with E-state index < -0.39 is 0 Å². The van der Waals surface area contributed by atoms with E-state index in [1.54, 1.807) is 0 Å². The van der Waals surface area contributed by atoms with Gasteiger partial charge in [0.05, 0.1) is 6.54 Å². The van der Waals surface area contributed by atoms with E-state index in [2.05, 4.69) is 25.8 Å². The Hall–Kier alpha value is -1.43. The van der Waals surface area contributed by atoms with Gasteiger partial charge in [0.25, 0.3) is 0 Å². The van der Waals surface area contributed by atoms with Gasteiger partial charge in [0.15, 0.2) is 5.96 Å². The zero-order valence-electron chi connectivity index (χ0n) is 12.4. The molecule has 0 saturated carbocycles. The predicted octanol–water partition coefficient (Wildman–Crippen LogP) is 1.55. The first kappa shape index (κ1) is 14.5. The second-order valence-electron chi connectivity index (χ2n) is 5.49. The lowest BCUT2D eigenvalue weighted by molar-refractivity contribution is 0.455. The molecular formula is C15H23N5S. The van der Waals surface area contributed by atoms with Crippen molar-refractivity contribution in [2.24, 2.45) is 10.7 Å². The van der Waals surface area contributed by atoms with Crippen LogP contribution in [0, 0.1) is 0 Å². The number of anilines is 1. The topological polar surface area (TPSA) is 57.8 Å². The summed E-state index contributed by atoms with van der Waals surface area (Å²) >= 11 is 1.98. The number of aromatic nitrogens is 1. The summed E-state index contributed by atoms with van der Waals surface area (Å²) in [5, 5.41) is 0. The molecule has 1 aromatic rings. The molecule has 21 heavy (non-hydrogen) atoms. The quantitative estimate of drug-likeness (QED) is 0.678. The van der Waals surface area contributed by atoms with Crippen molar-refractivity contribution in [3.05, 3.63) is 23.9 Å². The number of hydrogen-bond acceptors (Lipinski definition) is 4. The van der Waals surface area contributed by atoms with E-state index in [1.165, 1.54) is 18.4 Å². The average Bonchev–Trinajstić information content (AvgIpc) is 3.08. The molecule has 114 valence electrons. The highest BCUT2D eigenvalue weighted by molar-refractivity contribution is 7.99. The Labute approximate surface area is 130 Å². The molecule has 5 nitrogen and oxygen atoms in total. The molecule has 3 rings (SSSR count). The first-order chi connectivity index (χ1) is 10.3. The third-order valence-corrected chi connectivity index (χ3v) is 4.94. The molecule has 0 bridgehead atoms. The fourth-order valence-electron chi connectivity index (χ4n) is 2.74. The average molecular weight is 305 g/mol. The Morgan fingerprint density at radius 1 is 1.24 bits per heavy atom. The molecular weight excluding hydrogens is 282 g/mol. The van der Waals surface area contributed by atoms with Gasteiger partial charge in [0.2, 0.25) is 0 Å². The maximum atomic E-state index is 6.10. The summed E-state index contributed by atoms with van der Waals surface area (Å²) in [5.41, 5.74) is 7.28. The Morgan fingerprint density at radius 3 is 2.76 bits per heavy atom. The van der Waals surface area contributed by atoms with Crippen molar-refractivity contribution in [2.75, 3.05) is 42.6 Å². The molecule has 0 amide bonds. The second-order valence-corrected chi connectivity index (χ2v) is 6.72. The number of thioether (sulfide) groups is 1. The fourth-order valence-corrected chi connectivity index (χ4v) is 3.65. The molecule has 0 unspecified atom stereocenters. The van der Waals surface area contributed by atoms with Crippen LogP contribution >= 0.6 is 11.8 Å². The summed E-state index contributed by atoms with van der Waals surface area (Å²) in [4.78, 5) is 13.5. The molecule has 0 atom stereocenters. The van der Waals surface area contributed by atoms with Crippen molar-refractivity contribution in [2.45, 2.75) is 19.4 Å². The van der Waals surface area contributed by atoms with E-state index in [4.69, 9.17) is 5.73 Å². The number of hydrogen-bond donors (Lipinski definition) is 1. The number of nitrogens with zero attached hydrogens (tertiary/aromatic N) is 4. The third-order valence-electron chi connectivity index (χ3n) is 4.00. The summed E-state index contributed by atoms with van der Waals surface area (Å²) in [6.45, 7) is 4.89. The van der Waals surface area contributed by atoms with Crippen molar-refractivity contribution < 1.29 is 0 Å².